The Balaban J connectivity index is 1.77. The van der Waals surface area contributed by atoms with Crippen LogP contribution >= 0.6 is 0 Å². The highest BCUT2D eigenvalue weighted by Crippen LogP contribution is 2.24. The Morgan fingerprint density at radius 1 is 1.08 bits per heavy atom. The van der Waals surface area contributed by atoms with Gasteiger partial charge in [-0.3, -0.25) is 0 Å². The van der Waals surface area contributed by atoms with E-state index in [9.17, 15) is 8.42 Å². The van der Waals surface area contributed by atoms with Crippen molar-refractivity contribution in [2.24, 2.45) is 5.92 Å². The summed E-state index contributed by atoms with van der Waals surface area (Å²) in [7, 11) is -3.08. The largest absolute Gasteiger partial charge is 0.224 e. The summed E-state index contributed by atoms with van der Waals surface area (Å²) in [5.74, 6) is 1.48. The molecule has 0 fully saturated rings. The van der Waals surface area contributed by atoms with Gasteiger partial charge in [0, 0.05) is 17.4 Å². The quantitative estimate of drug-likeness (QED) is 0.711. The molecule has 6 heteroatoms. The van der Waals surface area contributed by atoms with E-state index in [1.165, 1.54) is 5.41 Å². The molecule has 0 aliphatic carbocycles. The van der Waals surface area contributed by atoms with E-state index in [0.717, 1.165) is 22.6 Å². The van der Waals surface area contributed by atoms with Gasteiger partial charge in [0.05, 0.1) is 11.4 Å². The molecule has 4 rings (SSSR count). The molecule has 2 aromatic carbocycles. The van der Waals surface area contributed by atoms with Crippen molar-refractivity contribution in [3.8, 4) is 17.1 Å². The van der Waals surface area contributed by atoms with Gasteiger partial charge in [0.2, 0.25) is 0 Å². The van der Waals surface area contributed by atoms with Crippen LogP contribution in [0.3, 0.4) is 0 Å². The van der Waals surface area contributed by atoms with Crippen molar-refractivity contribution in [2.45, 2.75) is 13.3 Å². The van der Waals surface area contributed by atoms with Crippen LogP contribution in [0, 0.1) is 12.8 Å². The topological polar surface area (TPSA) is 64.8 Å². The van der Waals surface area contributed by atoms with E-state index in [0.29, 0.717) is 12.2 Å². The number of nitrogens with zero attached hydrogens (tertiary/aromatic N) is 3. The molecular formula is C20H19N3O2S. The Kier molecular flexibility index (Phi) is 4.20. The number of sulfone groups is 1. The van der Waals surface area contributed by atoms with E-state index in [2.05, 4.69) is 0 Å². The van der Waals surface area contributed by atoms with Crippen molar-refractivity contribution in [1.29, 1.82) is 0 Å². The first kappa shape index (κ1) is 16.7. The Morgan fingerprint density at radius 2 is 1.81 bits per heavy atom. The molecule has 26 heavy (non-hydrogen) atoms. The summed E-state index contributed by atoms with van der Waals surface area (Å²) in [5, 5.41) is 6.03. The monoisotopic (exact) mass is 365 g/mol. The van der Waals surface area contributed by atoms with E-state index >= 15 is 0 Å². The van der Waals surface area contributed by atoms with Gasteiger partial charge >= 0.3 is 0 Å². The average molecular weight is 365 g/mol. The van der Waals surface area contributed by atoms with Gasteiger partial charge in [0.25, 0.3) is 0 Å². The van der Waals surface area contributed by atoms with Gasteiger partial charge in [-0.2, -0.15) is 0 Å². The summed E-state index contributed by atoms with van der Waals surface area (Å²) in [6.45, 7) is 2.03. The molecule has 2 heterocycles. The first-order valence-corrected chi connectivity index (χ1v) is 10.2. The Hall–Kier alpha value is -2.73. The van der Waals surface area contributed by atoms with Crippen LogP contribution in [0.2, 0.25) is 0 Å². The van der Waals surface area contributed by atoms with Crippen molar-refractivity contribution in [3.05, 3.63) is 77.5 Å². The molecule has 0 bridgehead atoms. The summed E-state index contributed by atoms with van der Waals surface area (Å²) in [4.78, 5) is 4.73. The van der Waals surface area contributed by atoms with Crippen molar-refractivity contribution in [2.75, 3.05) is 5.75 Å². The number of benzene rings is 2. The standard InChI is InChI=1S/C20H19N3O2S/c1-15-7-5-6-10-18(15)23-19(13-16-11-12-26(24,25)14-16)21-20(22-23)17-8-3-2-4-9-17/h2-12,16H,13-14H2,1H3/t16-/m1/s1. The highest BCUT2D eigenvalue weighted by molar-refractivity contribution is 7.94. The third-order valence-electron chi connectivity index (χ3n) is 4.50. The lowest BCUT2D eigenvalue weighted by atomic mass is 10.1. The van der Waals surface area contributed by atoms with Gasteiger partial charge < -0.3 is 0 Å². The first-order chi connectivity index (χ1) is 12.5. The molecule has 0 N–H and O–H groups in total. The second kappa shape index (κ2) is 6.53. The molecule has 0 saturated carbocycles. The van der Waals surface area contributed by atoms with Crippen molar-refractivity contribution in [1.82, 2.24) is 14.8 Å². The normalized spacial score (nSPS) is 18.3. The molecule has 0 radical (unpaired) electrons. The zero-order valence-electron chi connectivity index (χ0n) is 14.4. The third-order valence-corrected chi connectivity index (χ3v) is 5.96. The number of hydrogen-bond donors (Lipinski definition) is 0. The molecule has 0 amide bonds. The van der Waals surface area contributed by atoms with Crippen LogP contribution in [0.4, 0.5) is 0 Å². The fourth-order valence-electron chi connectivity index (χ4n) is 3.18. The second-order valence-corrected chi connectivity index (χ2v) is 8.47. The number of hydrogen-bond acceptors (Lipinski definition) is 4. The van der Waals surface area contributed by atoms with Crippen LogP contribution in [0.5, 0.6) is 0 Å². The lowest BCUT2D eigenvalue weighted by Crippen LogP contribution is -2.13. The minimum Gasteiger partial charge on any atom is -0.224 e. The number of rotatable bonds is 4. The van der Waals surface area contributed by atoms with Crippen LogP contribution in [-0.2, 0) is 16.3 Å². The predicted octanol–water partition coefficient (Wildman–Crippen LogP) is 3.34. The summed E-state index contributed by atoms with van der Waals surface area (Å²) in [6, 6.07) is 17.8. The summed E-state index contributed by atoms with van der Waals surface area (Å²) >= 11 is 0. The van der Waals surface area contributed by atoms with E-state index in [1.807, 2.05) is 66.2 Å². The van der Waals surface area contributed by atoms with Crippen molar-refractivity contribution >= 4 is 9.84 Å². The smallest absolute Gasteiger partial charge is 0.181 e. The lowest BCUT2D eigenvalue weighted by Gasteiger charge is -2.10. The molecule has 1 aliphatic heterocycles. The van der Waals surface area contributed by atoms with Crippen LogP contribution in [0.25, 0.3) is 17.1 Å². The number of para-hydroxylation sites is 1. The van der Waals surface area contributed by atoms with Crippen LogP contribution in [0.1, 0.15) is 11.4 Å². The number of aryl methyl sites for hydroxylation is 1. The zero-order valence-corrected chi connectivity index (χ0v) is 15.2. The van der Waals surface area contributed by atoms with Crippen LogP contribution in [-0.4, -0.2) is 28.9 Å². The minimum absolute atomic E-state index is 0.0735. The highest BCUT2D eigenvalue weighted by atomic mass is 32.2. The van der Waals surface area contributed by atoms with Crippen molar-refractivity contribution in [3.63, 3.8) is 0 Å². The molecule has 5 nitrogen and oxygen atoms in total. The molecule has 1 aliphatic rings. The van der Waals surface area contributed by atoms with E-state index < -0.39 is 9.84 Å². The molecule has 0 spiro atoms. The SMILES string of the molecule is Cc1ccccc1-n1nc(-c2ccccc2)nc1C[C@H]1C=CS(=O)(=O)C1. The maximum Gasteiger partial charge on any atom is 0.181 e. The number of allylic oxidation sites excluding steroid dienone is 1. The van der Waals surface area contributed by atoms with Gasteiger partial charge in [-0.15, -0.1) is 5.10 Å². The first-order valence-electron chi connectivity index (χ1n) is 8.50. The van der Waals surface area contributed by atoms with Crippen LogP contribution < -0.4 is 0 Å². The van der Waals surface area contributed by atoms with Gasteiger partial charge in [0.1, 0.15) is 5.82 Å². The predicted molar refractivity (Wildman–Crippen MR) is 102 cm³/mol. The molecule has 1 atom stereocenters. The number of aromatic nitrogens is 3. The van der Waals surface area contributed by atoms with E-state index in [4.69, 9.17) is 10.1 Å². The summed E-state index contributed by atoms with van der Waals surface area (Å²) < 4.78 is 25.3. The van der Waals surface area contributed by atoms with Crippen molar-refractivity contribution < 1.29 is 8.42 Å². The van der Waals surface area contributed by atoms with Gasteiger partial charge in [-0.25, -0.2) is 18.1 Å². The van der Waals surface area contributed by atoms with E-state index in [-0.39, 0.29) is 11.7 Å². The maximum atomic E-state index is 11.7. The Labute approximate surface area is 152 Å². The average Bonchev–Trinajstić information content (AvgIpc) is 3.19. The molecular weight excluding hydrogens is 346 g/mol. The fourth-order valence-corrected chi connectivity index (χ4v) is 4.58. The zero-order chi connectivity index (χ0) is 18.1. The summed E-state index contributed by atoms with van der Waals surface area (Å²) in [5.41, 5.74) is 2.99. The van der Waals surface area contributed by atoms with Gasteiger partial charge in [0.15, 0.2) is 15.7 Å². The van der Waals surface area contributed by atoms with E-state index in [1.54, 1.807) is 6.08 Å². The molecule has 3 aromatic rings. The molecule has 0 unspecified atom stereocenters. The minimum atomic E-state index is -3.08. The molecule has 132 valence electrons. The van der Waals surface area contributed by atoms with Gasteiger partial charge in [-0.05, 0) is 24.5 Å². The maximum absolute atomic E-state index is 11.7. The molecule has 1 aromatic heterocycles. The third kappa shape index (κ3) is 3.32. The Bertz CT molecular complexity index is 1070. The fraction of sp³-hybridized carbons (Fsp3) is 0.200. The summed E-state index contributed by atoms with van der Waals surface area (Å²) in [6.07, 6.45) is 2.29. The highest BCUT2D eigenvalue weighted by Gasteiger charge is 2.25. The second-order valence-electron chi connectivity index (χ2n) is 6.54. The lowest BCUT2D eigenvalue weighted by molar-refractivity contribution is 0.593. The Morgan fingerprint density at radius 3 is 2.50 bits per heavy atom. The van der Waals surface area contributed by atoms with Gasteiger partial charge in [-0.1, -0.05) is 54.6 Å². The molecule has 0 saturated heterocycles. The van der Waals surface area contributed by atoms with Crippen LogP contribution in [0.15, 0.2) is 66.1 Å².